The monoisotopic (exact) mass is 400 g/mol. The molecule has 0 fully saturated rings. The highest BCUT2D eigenvalue weighted by Gasteiger charge is 2.49. The van der Waals surface area contributed by atoms with Crippen LogP contribution < -0.4 is 5.43 Å². The Hall–Kier alpha value is -2.93. The number of hydrogen-bond donors (Lipinski definition) is 1. The first-order valence-corrected chi connectivity index (χ1v) is 9.43. The lowest BCUT2D eigenvalue weighted by atomic mass is 10.0. The molecule has 0 aromatic heterocycles. The number of rotatable bonds is 4. The van der Waals surface area contributed by atoms with Gasteiger partial charge in [0.15, 0.2) is 12.1 Å². The standard InChI is InChI=1S/C22H29N3O4/c1-21(2,3)25(29-19(26)23-7,24-20(27)28-22(4,5)6)15-17-13-10-12-16-11-8-9-14-18(16)17/h8-14H,7,15H2,1-6H3/p+1. The molecule has 1 atom stereocenters. The number of nitrogens with one attached hydrogen (secondary N) is 1. The van der Waals surface area contributed by atoms with E-state index >= 15 is 0 Å². The molecule has 156 valence electrons. The van der Waals surface area contributed by atoms with E-state index < -0.39 is 28.1 Å². The van der Waals surface area contributed by atoms with Crippen molar-refractivity contribution in [1.82, 2.24) is 5.43 Å². The number of ether oxygens (including phenoxy) is 1. The molecule has 0 aliphatic carbocycles. The molecule has 0 radical (unpaired) electrons. The van der Waals surface area contributed by atoms with Crippen molar-refractivity contribution in [3.63, 3.8) is 0 Å². The van der Waals surface area contributed by atoms with Gasteiger partial charge in [0, 0.05) is 5.56 Å². The SMILES string of the molecule is C=NC(=O)O[N+](Cc1cccc2ccccc12)(NC(=O)OC(C)(C)C)C(C)(C)C. The van der Waals surface area contributed by atoms with Crippen molar-refractivity contribution in [2.75, 3.05) is 0 Å². The van der Waals surface area contributed by atoms with Crippen molar-refractivity contribution >= 4 is 29.7 Å². The van der Waals surface area contributed by atoms with Crippen molar-refractivity contribution in [2.24, 2.45) is 4.99 Å². The number of amides is 2. The molecule has 2 aromatic rings. The summed E-state index contributed by atoms with van der Waals surface area (Å²) in [6.45, 7) is 14.3. The van der Waals surface area contributed by atoms with Crippen LogP contribution in [0.1, 0.15) is 47.1 Å². The topological polar surface area (TPSA) is 77.0 Å². The Balaban J connectivity index is 2.56. The minimum Gasteiger partial charge on any atom is -0.441 e. The van der Waals surface area contributed by atoms with Crippen molar-refractivity contribution in [2.45, 2.75) is 59.2 Å². The quantitative estimate of drug-likeness (QED) is 0.438. The summed E-state index contributed by atoms with van der Waals surface area (Å²) in [4.78, 5) is 33.8. The van der Waals surface area contributed by atoms with Gasteiger partial charge in [-0.3, -0.25) is 0 Å². The van der Waals surface area contributed by atoms with Crippen LogP contribution in [0, 0.1) is 0 Å². The van der Waals surface area contributed by atoms with E-state index in [-0.39, 0.29) is 6.54 Å². The minimum absolute atomic E-state index is 0.172. The number of carbonyl (C=O) groups is 2. The highest BCUT2D eigenvalue weighted by Crippen LogP contribution is 2.30. The summed E-state index contributed by atoms with van der Waals surface area (Å²) >= 11 is 0. The molecular formula is C22H30N3O4+. The maximum atomic E-state index is 12.7. The molecule has 0 aliphatic heterocycles. The van der Waals surface area contributed by atoms with Crippen LogP contribution in [-0.2, 0) is 16.1 Å². The first-order chi connectivity index (χ1) is 13.4. The predicted octanol–water partition coefficient (Wildman–Crippen LogP) is 5.15. The second kappa shape index (κ2) is 8.21. The van der Waals surface area contributed by atoms with Gasteiger partial charge in [0.2, 0.25) is 0 Å². The van der Waals surface area contributed by atoms with Crippen molar-refractivity contribution in [3.05, 3.63) is 48.0 Å². The lowest BCUT2D eigenvalue weighted by molar-refractivity contribution is -1.16. The number of hydrogen-bond acceptors (Lipinski definition) is 4. The van der Waals surface area contributed by atoms with E-state index in [0.717, 1.165) is 16.3 Å². The molecule has 1 unspecified atom stereocenters. The van der Waals surface area contributed by atoms with Crippen molar-refractivity contribution < 1.29 is 23.9 Å². The normalized spacial score (nSPS) is 14.0. The Morgan fingerprint density at radius 2 is 1.66 bits per heavy atom. The van der Waals surface area contributed by atoms with Crippen LogP contribution >= 0.6 is 0 Å². The molecule has 0 spiro atoms. The molecule has 2 aromatic carbocycles. The lowest BCUT2D eigenvalue weighted by Gasteiger charge is -2.42. The molecule has 29 heavy (non-hydrogen) atoms. The fourth-order valence-electron chi connectivity index (χ4n) is 2.92. The van der Waals surface area contributed by atoms with Crippen LogP contribution in [0.15, 0.2) is 47.5 Å². The molecule has 0 saturated carbocycles. The number of quaternary nitrogens is 1. The number of carbonyl (C=O) groups excluding carboxylic acids is 2. The maximum Gasteiger partial charge on any atom is 0.490 e. The first-order valence-electron chi connectivity index (χ1n) is 9.43. The van der Waals surface area contributed by atoms with Gasteiger partial charge in [0.1, 0.15) is 5.60 Å². The Morgan fingerprint density at radius 3 is 2.24 bits per heavy atom. The molecule has 0 heterocycles. The van der Waals surface area contributed by atoms with Gasteiger partial charge in [-0.2, -0.15) is 4.99 Å². The van der Waals surface area contributed by atoms with Gasteiger partial charge in [0.25, 0.3) is 0 Å². The molecule has 7 nitrogen and oxygen atoms in total. The summed E-state index contributed by atoms with van der Waals surface area (Å²) in [5.41, 5.74) is 2.19. The highest BCUT2D eigenvalue weighted by atomic mass is 16.8. The predicted molar refractivity (Wildman–Crippen MR) is 113 cm³/mol. The van der Waals surface area contributed by atoms with Gasteiger partial charge in [-0.05, 0) is 63.8 Å². The molecule has 2 rings (SSSR count). The second-order valence-electron chi connectivity index (χ2n) is 8.84. The molecule has 0 saturated heterocycles. The van der Waals surface area contributed by atoms with Crippen LogP contribution in [0.25, 0.3) is 10.8 Å². The Labute approximate surface area is 171 Å². The van der Waals surface area contributed by atoms with Crippen molar-refractivity contribution in [3.8, 4) is 0 Å². The molecule has 7 heteroatoms. The second-order valence-corrected chi connectivity index (χ2v) is 8.84. The zero-order valence-electron chi connectivity index (χ0n) is 18.0. The summed E-state index contributed by atoms with van der Waals surface area (Å²) in [6, 6.07) is 13.8. The molecule has 2 amide bonds. The average Bonchev–Trinajstić information content (AvgIpc) is 2.59. The number of nitrogens with zero attached hydrogens (tertiary/aromatic N) is 2. The van der Waals surface area contributed by atoms with Crippen LogP contribution in [0.5, 0.6) is 0 Å². The third-order valence-corrected chi connectivity index (χ3v) is 4.39. The van der Waals surface area contributed by atoms with Gasteiger partial charge in [-0.15, -0.1) is 5.43 Å². The molecular weight excluding hydrogens is 370 g/mol. The largest absolute Gasteiger partial charge is 0.490 e. The van der Waals surface area contributed by atoms with E-state index in [1.165, 1.54) is 0 Å². The summed E-state index contributed by atoms with van der Waals surface area (Å²) in [5.74, 6) is 0. The van der Waals surface area contributed by atoms with Gasteiger partial charge in [-0.1, -0.05) is 42.5 Å². The summed E-state index contributed by atoms with van der Waals surface area (Å²) in [5, 5.41) is 2.04. The molecule has 0 aliphatic rings. The summed E-state index contributed by atoms with van der Waals surface area (Å²) in [6.07, 6.45) is -1.60. The summed E-state index contributed by atoms with van der Waals surface area (Å²) < 4.78 is 4.88. The zero-order chi connectivity index (χ0) is 21.9. The van der Waals surface area contributed by atoms with Crippen LogP contribution in [0.4, 0.5) is 9.59 Å². The minimum atomic E-state index is -0.892. The van der Waals surface area contributed by atoms with Crippen molar-refractivity contribution in [1.29, 1.82) is 0 Å². The van der Waals surface area contributed by atoms with E-state index in [1.54, 1.807) is 20.8 Å². The van der Waals surface area contributed by atoms with E-state index in [4.69, 9.17) is 9.57 Å². The zero-order valence-corrected chi connectivity index (χ0v) is 18.0. The number of benzene rings is 2. The molecule has 1 N–H and O–H groups in total. The van der Waals surface area contributed by atoms with E-state index in [9.17, 15) is 9.59 Å². The Kier molecular flexibility index (Phi) is 6.33. The van der Waals surface area contributed by atoms with E-state index in [1.807, 2.05) is 63.2 Å². The third kappa shape index (κ3) is 5.54. The fraction of sp³-hybridized carbons (Fsp3) is 0.409. The van der Waals surface area contributed by atoms with Gasteiger partial charge >= 0.3 is 12.2 Å². The van der Waals surface area contributed by atoms with Crippen LogP contribution in [0.3, 0.4) is 0 Å². The van der Waals surface area contributed by atoms with Gasteiger partial charge in [0.05, 0.1) is 0 Å². The number of hydroxylamine groups is 2. The third-order valence-electron chi connectivity index (χ3n) is 4.39. The molecule has 0 bridgehead atoms. The van der Waals surface area contributed by atoms with E-state index in [2.05, 4.69) is 17.1 Å². The van der Waals surface area contributed by atoms with Crippen LogP contribution in [-0.4, -0.2) is 34.8 Å². The van der Waals surface area contributed by atoms with Gasteiger partial charge < -0.3 is 4.74 Å². The maximum absolute atomic E-state index is 12.7. The number of fused-ring (bicyclic) bond motifs is 1. The van der Waals surface area contributed by atoms with E-state index in [0.29, 0.717) is 0 Å². The lowest BCUT2D eigenvalue weighted by Crippen LogP contribution is -2.69. The smallest absolute Gasteiger partial charge is 0.441 e. The van der Waals surface area contributed by atoms with Gasteiger partial charge in [-0.25, -0.2) is 14.4 Å². The summed E-state index contributed by atoms with van der Waals surface area (Å²) in [7, 11) is 0. The first kappa shape index (κ1) is 22.4. The Bertz CT molecular complexity index is 907. The average molecular weight is 400 g/mol. The Morgan fingerprint density at radius 1 is 1.03 bits per heavy atom. The fourth-order valence-corrected chi connectivity index (χ4v) is 2.92. The highest BCUT2D eigenvalue weighted by molar-refractivity contribution is 5.85. The van der Waals surface area contributed by atoms with Crippen LogP contribution in [0.2, 0.25) is 0 Å². The number of aliphatic imine (C=N–C) groups is 1.